The molecule has 0 aliphatic carbocycles. The third-order valence-corrected chi connectivity index (χ3v) is 3.83. The Morgan fingerprint density at radius 1 is 1.22 bits per heavy atom. The van der Waals surface area contributed by atoms with Crippen LogP contribution in [0.1, 0.15) is 38.4 Å². The predicted molar refractivity (Wildman–Crippen MR) is 71.0 cm³/mol. The molecule has 0 amide bonds. The van der Waals surface area contributed by atoms with Crippen molar-refractivity contribution < 1.29 is 9.13 Å². The molecule has 1 heterocycles. The molecule has 100 valence electrons. The summed E-state index contributed by atoms with van der Waals surface area (Å²) < 4.78 is 19.1. The fourth-order valence-corrected chi connectivity index (χ4v) is 2.63. The monoisotopic (exact) mass is 251 g/mol. The summed E-state index contributed by atoms with van der Waals surface area (Å²) in [5.74, 6) is 0.403. The average Bonchev–Trinajstić information content (AvgIpc) is 2.41. The highest BCUT2D eigenvalue weighted by atomic mass is 19.1. The van der Waals surface area contributed by atoms with E-state index in [1.165, 1.54) is 12.1 Å². The minimum absolute atomic E-state index is 0.0462. The lowest BCUT2D eigenvalue weighted by Gasteiger charge is -2.35. The maximum absolute atomic E-state index is 12.9. The zero-order valence-electron chi connectivity index (χ0n) is 11.2. The standard InChI is InChI=1S/C15H22FNO/c1-3-11(4-2)14-9-17-10-15(18-14)12-5-7-13(16)8-6-12/h5-8,11,14-15,17H,3-4,9-10H2,1-2H3. The Balaban J connectivity index is 2.04. The first kappa shape index (κ1) is 13.5. The van der Waals surface area contributed by atoms with E-state index in [4.69, 9.17) is 4.74 Å². The maximum atomic E-state index is 12.9. The zero-order valence-corrected chi connectivity index (χ0v) is 11.2. The quantitative estimate of drug-likeness (QED) is 0.886. The molecule has 1 aliphatic rings. The molecule has 1 fully saturated rings. The molecule has 2 unspecified atom stereocenters. The molecule has 1 N–H and O–H groups in total. The van der Waals surface area contributed by atoms with Gasteiger partial charge in [-0.1, -0.05) is 38.8 Å². The molecule has 18 heavy (non-hydrogen) atoms. The van der Waals surface area contributed by atoms with Crippen LogP contribution in [0.2, 0.25) is 0 Å². The number of morpholine rings is 1. The molecular weight excluding hydrogens is 229 g/mol. The highest BCUT2D eigenvalue weighted by molar-refractivity contribution is 5.19. The fraction of sp³-hybridized carbons (Fsp3) is 0.600. The van der Waals surface area contributed by atoms with Gasteiger partial charge in [0, 0.05) is 13.1 Å². The van der Waals surface area contributed by atoms with E-state index in [1.807, 2.05) is 12.1 Å². The van der Waals surface area contributed by atoms with Gasteiger partial charge in [0.1, 0.15) is 5.82 Å². The summed E-state index contributed by atoms with van der Waals surface area (Å²) in [6.07, 6.45) is 2.59. The Bertz CT molecular complexity index is 361. The minimum atomic E-state index is -0.195. The normalized spacial score (nSPS) is 24.4. The van der Waals surface area contributed by atoms with E-state index in [1.54, 1.807) is 0 Å². The Hall–Kier alpha value is -0.930. The van der Waals surface area contributed by atoms with Crippen LogP contribution in [-0.4, -0.2) is 19.2 Å². The average molecular weight is 251 g/mol. The van der Waals surface area contributed by atoms with E-state index in [9.17, 15) is 4.39 Å². The summed E-state index contributed by atoms with van der Waals surface area (Å²) >= 11 is 0. The van der Waals surface area contributed by atoms with Crippen LogP contribution in [0.15, 0.2) is 24.3 Å². The van der Waals surface area contributed by atoms with Gasteiger partial charge in [0.25, 0.3) is 0 Å². The van der Waals surface area contributed by atoms with E-state index in [2.05, 4.69) is 19.2 Å². The van der Waals surface area contributed by atoms with Gasteiger partial charge in [-0.25, -0.2) is 4.39 Å². The van der Waals surface area contributed by atoms with Crippen LogP contribution in [0.4, 0.5) is 4.39 Å². The first-order chi connectivity index (χ1) is 8.74. The minimum Gasteiger partial charge on any atom is -0.367 e. The number of benzene rings is 1. The van der Waals surface area contributed by atoms with Crippen molar-refractivity contribution in [2.45, 2.75) is 38.9 Å². The van der Waals surface area contributed by atoms with E-state index in [0.717, 1.165) is 31.5 Å². The van der Waals surface area contributed by atoms with Crippen molar-refractivity contribution in [1.29, 1.82) is 0 Å². The SMILES string of the molecule is CCC(CC)C1CNCC(c2ccc(F)cc2)O1. The molecule has 0 radical (unpaired) electrons. The van der Waals surface area contributed by atoms with Crippen LogP contribution in [0.3, 0.4) is 0 Å². The lowest BCUT2D eigenvalue weighted by molar-refractivity contribution is -0.0688. The molecule has 2 nitrogen and oxygen atoms in total. The van der Waals surface area contributed by atoms with E-state index in [-0.39, 0.29) is 18.0 Å². The molecule has 1 aromatic rings. The highest BCUT2D eigenvalue weighted by Gasteiger charge is 2.27. The molecular formula is C15H22FNO. The van der Waals surface area contributed by atoms with E-state index < -0.39 is 0 Å². The lowest BCUT2D eigenvalue weighted by atomic mass is 9.94. The summed E-state index contributed by atoms with van der Waals surface area (Å²) in [6.45, 7) is 6.14. The van der Waals surface area contributed by atoms with Crippen molar-refractivity contribution in [1.82, 2.24) is 5.32 Å². The van der Waals surface area contributed by atoms with Crippen molar-refractivity contribution in [3.63, 3.8) is 0 Å². The number of ether oxygens (including phenoxy) is 1. The third-order valence-electron chi connectivity index (χ3n) is 3.83. The van der Waals surface area contributed by atoms with Crippen molar-refractivity contribution in [3.05, 3.63) is 35.6 Å². The predicted octanol–water partition coefficient (Wildman–Crippen LogP) is 3.29. The van der Waals surface area contributed by atoms with Crippen LogP contribution < -0.4 is 5.32 Å². The Morgan fingerprint density at radius 2 is 1.89 bits per heavy atom. The van der Waals surface area contributed by atoms with Gasteiger partial charge < -0.3 is 10.1 Å². The Labute approximate surface area is 109 Å². The van der Waals surface area contributed by atoms with Gasteiger partial charge in [-0.05, 0) is 23.6 Å². The van der Waals surface area contributed by atoms with E-state index in [0.29, 0.717) is 5.92 Å². The topological polar surface area (TPSA) is 21.3 Å². The van der Waals surface area contributed by atoms with Gasteiger partial charge >= 0.3 is 0 Å². The molecule has 1 aliphatic heterocycles. The molecule has 2 atom stereocenters. The maximum Gasteiger partial charge on any atom is 0.123 e. The zero-order chi connectivity index (χ0) is 13.0. The molecule has 1 saturated heterocycles. The second-order valence-corrected chi connectivity index (χ2v) is 4.95. The third kappa shape index (κ3) is 3.09. The van der Waals surface area contributed by atoms with Gasteiger partial charge in [0.15, 0.2) is 0 Å². The van der Waals surface area contributed by atoms with E-state index >= 15 is 0 Å². The first-order valence-electron chi connectivity index (χ1n) is 6.86. The molecule has 2 rings (SSSR count). The van der Waals surface area contributed by atoms with Crippen molar-refractivity contribution >= 4 is 0 Å². The van der Waals surface area contributed by atoms with Crippen LogP contribution in [0, 0.1) is 11.7 Å². The van der Waals surface area contributed by atoms with Gasteiger partial charge in [-0.15, -0.1) is 0 Å². The number of halogens is 1. The number of rotatable bonds is 4. The molecule has 0 spiro atoms. The second-order valence-electron chi connectivity index (χ2n) is 4.95. The van der Waals surface area contributed by atoms with Gasteiger partial charge in [0.05, 0.1) is 12.2 Å². The molecule has 0 aromatic heterocycles. The molecule has 1 aromatic carbocycles. The summed E-state index contributed by atoms with van der Waals surface area (Å²) in [4.78, 5) is 0. The molecule has 0 bridgehead atoms. The van der Waals surface area contributed by atoms with Gasteiger partial charge in [0.2, 0.25) is 0 Å². The lowest BCUT2D eigenvalue weighted by Crippen LogP contribution is -2.44. The number of nitrogens with one attached hydrogen (secondary N) is 1. The molecule has 3 heteroatoms. The largest absolute Gasteiger partial charge is 0.367 e. The number of hydrogen-bond donors (Lipinski definition) is 1. The van der Waals surface area contributed by atoms with Crippen LogP contribution in [0.25, 0.3) is 0 Å². The van der Waals surface area contributed by atoms with Crippen molar-refractivity contribution in [2.75, 3.05) is 13.1 Å². The van der Waals surface area contributed by atoms with Crippen LogP contribution >= 0.6 is 0 Å². The summed E-state index contributed by atoms with van der Waals surface area (Å²) in [6, 6.07) is 6.63. The number of hydrogen-bond acceptors (Lipinski definition) is 2. The highest BCUT2D eigenvalue weighted by Crippen LogP contribution is 2.27. The van der Waals surface area contributed by atoms with Gasteiger partial charge in [-0.2, -0.15) is 0 Å². The fourth-order valence-electron chi connectivity index (χ4n) is 2.63. The molecule has 0 saturated carbocycles. The Kier molecular flexibility index (Phi) is 4.72. The summed E-state index contributed by atoms with van der Waals surface area (Å²) in [5, 5.41) is 3.43. The smallest absolute Gasteiger partial charge is 0.123 e. The Morgan fingerprint density at radius 3 is 2.50 bits per heavy atom. The van der Waals surface area contributed by atoms with Gasteiger partial charge in [-0.3, -0.25) is 0 Å². The van der Waals surface area contributed by atoms with Crippen LogP contribution in [0.5, 0.6) is 0 Å². The van der Waals surface area contributed by atoms with Crippen molar-refractivity contribution in [2.24, 2.45) is 5.92 Å². The summed E-state index contributed by atoms with van der Waals surface area (Å²) in [7, 11) is 0. The first-order valence-corrected chi connectivity index (χ1v) is 6.86. The van der Waals surface area contributed by atoms with Crippen LogP contribution in [-0.2, 0) is 4.74 Å². The summed E-state index contributed by atoms with van der Waals surface area (Å²) in [5.41, 5.74) is 1.06. The second kappa shape index (κ2) is 6.30. The van der Waals surface area contributed by atoms with Crippen molar-refractivity contribution in [3.8, 4) is 0 Å².